The van der Waals surface area contributed by atoms with Crippen molar-refractivity contribution in [2.45, 2.75) is 17.4 Å². The summed E-state index contributed by atoms with van der Waals surface area (Å²) in [7, 11) is 0. The Bertz CT molecular complexity index is 335. The smallest absolute Gasteiger partial charge is 0.136 e. The summed E-state index contributed by atoms with van der Waals surface area (Å²) in [5.41, 5.74) is 5.41. The number of hydrogen-bond donors (Lipinski definition) is 1. The molecule has 0 bridgehead atoms. The Hall–Kier alpha value is -1.05. The van der Waals surface area contributed by atoms with Crippen molar-refractivity contribution >= 4 is 11.8 Å². The topological polar surface area (TPSA) is 49.8 Å². The van der Waals surface area contributed by atoms with E-state index in [0.29, 0.717) is 17.1 Å². The molecule has 0 aromatic heterocycles. The molecule has 0 heterocycles. The molecule has 0 saturated heterocycles. The van der Waals surface area contributed by atoms with Gasteiger partial charge in [-0.25, -0.2) is 4.39 Å². The van der Waals surface area contributed by atoms with E-state index in [1.807, 2.05) is 6.07 Å². The van der Waals surface area contributed by atoms with Gasteiger partial charge in [0.25, 0.3) is 0 Å². The van der Waals surface area contributed by atoms with Gasteiger partial charge in [0.05, 0.1) is 12.1 Å². The van der Waals surface area contributed by atoms with Crippen LogP contribution in [0.5, 0.6) is 0 Å². The number of nitriles is 1. The average molecular weight is 210 g/mol. The summed E-state index contributed by atoms with van der Waals surface area (Å²) in [6.07, 6.45) is 0.579. The van der Waals surface area contributed by atoms with Crippen molar-refractivity contribution in [2.75, 3.05) is 5.75 Å². The molecular formula is C10H11FN2S. The molecule has 0 radical (unpaired) electrons. The van der Waals surface area contributed by atoms with E-state index < -0.39 is 6.04 Å². The zero-order valence-corrected chi connectivity index (χ0v) is 8.43. The zero-order chi connectivity index (χ0) is 10.4. The summed E-state index contributed by atoms with van der Waals surface area (Å²) < 4.78 is 13.1. The van der Waals surface area contributed by atoms with Crippen LogP contribution in [-0.4, -0.2) is 11.8 Å². The SMILES string of the molecule is N#CC(N)CCSc1ccccc1F. The van der Waals surface area contributed by atoms with E-state index in [2.05, 4.69) is 0 Å². The van der Waals surface area contributed by atoms with E-state index in [1.54, 1.807) is 18.2 Å². The van der Waals surface area contributed by atoms with E-state index in [0.717, 1.165) is 0 Å². The first-order chi connectivity index (χ1) is 6.74. The van der Waals surface area contributed by atoms with Gasteiger partial charge in [-0.05, 0) is 18.6 Å². The van der Waals surface area contributed by atoms with E-state index in [1.165, 1.54) is 17.8 Å². The Kier molecular flexibility index (Phi) is 4.44. The van der Waals surface area contributed by atoms with E-state index in [4.69, 9.17) is 11.0 Å². The second-order valence-electron chi connectivity index (χ2n) is 2.80. The second kappa shape index (κ2) is 5.63. The average Bonchev–Trinajstić information content (AvgIpc) is 2.20. The fourth-order valence-electron chi connectivity index (χ4n) is 0.922. The normalized spacial score (nSPS) is 12.1. The molecule has 74 valence electrons. The molecule has 1 atom stereocenters. The lowest BCUT2D eigenvalue weighted by atomic mass is 10.3. The molecule has 2 N–H and O–H groups in total. The van der Waals surface area contributed by atoms with Crippen molar-refractivity contribution in [3.8, 4) is 6.07 Å². The van der Waals surface area contributed by atoms with Crippen molar-refractivity contribution < 1.29 is 4.39 Å². The number of nitrogens with two attached hydrogens (primary N) is 1. The second-order valence-corrected chi connectivity index (χ2v) is 3.94. The Labute approximate surface area is 86.9 Å². The number of rotatable bonds is 4. The molecule has 1 aromatic carbocycles. The fraction of sp³-hybridized carbons (Fsp3) is 0.300. The van der Waals surface area contributed by atoms with Crippen LogP contribution in [0.2, 0.25) is 0 Å². The van der Waals surface area contributed by atoms with Gasteiger partial charge < -0.3 is 5.73 Å². The van der Waals surface area contributed by atoms with E-state index in [-0.39, 0.29) is 5.82 Å². The quantitative estimate of drug-likeness (QED) is 0.775. The summed E-state index contributed by atoms with van der Waals surface area (Å²) in [5, 5.41) is 8.43. The minimum Gasteiger partial charge on any atom is -0.316 e. The molecule has 0 aliphatic rings. The van der Waals surface area contributed by atoms with Gasteiger partial charge in [-0.2, -0.15) is 5.26 Å². The Morgan fingerprint density at radius 3 is 2.86 bits per heavy atom. The van der Waals surface area contributed by atoms with E-state index >= 15 is 0 Å². The van der Waals surface area contributed by atoms with Crippen LogP contribution in [-0.2, 0) is 0 Å². The van der Waals surface area contributed by atoms with Crippen LogP contribution in [0, 0.1) is 17.1 Å². The predicted molar refractivity (Wildman–Crippen MR) is 55.3 cm³/mol. The highest BCUT2D eigenvalue weighted by Gasteiger charge is 2.03. The minimum atomic E-state index is -0.450. The molecule has 14 heavy (non-hydrogen) atoms. The van der Waals surface area contributed by atoms with Gasteiger partial charge in [-0.1, -0.05) is 12.1 Å². The van der Waals surface area contributed by atoms with Gasteiger partial charge in [0, 0.05) is 10.6 Å². The lowest BCUT2D eigenvalue weighted by molar-refractivity contribution is 0.602. The van der Waals surface area contributed by atoms with Crippen LogP contribution in [0.15, 0.2) is 29.2 Å². The Morgan fingerprint density at radius 1 is 1.50 bits per heavy atom. The number of halogens is 1. The molecule has 0 amide bonds. The third-order valence-electron chi connectivity index (χ3n) is 1.69. The first kappa shape index (κ1) is 11.0. The lowest BCUT2D eigenvalue weighted by Gasteiger charge is -2.03. The molecule has 0 aliphatic carbocycles. The lowest BCUT2D eigenvalue weighted by Crippen LogP contribution is -2.17. The van der Waals surface area contributed by atoms with Crippen LogP contribution in [0.3, 0.4) is 0 Å². The summed E-state index contributed by atoms with van der Waals surface area (Å²) in [6.45, 7) is 0. The number of benzene rings is 1. The van der Waals surface area contributed by atoms with Gasteiger partial charge in [0.1, 0.15) is 5.82 Å². The summed E-state index contributed by atoms with van der Waals surface area (Å²) in [4.78, 5) is 0.609. The molecule has 4 heteroatoms. The first-order valence-corrected chi connectivity index (χ1v) is 5.25. The standard InChI is InChI=1S/C10H11FN2S/c11-9-3-1-2-4-10(9)14-6-5-8(13)7-12/h1-4,8H,5-6,13H2. The maximum Gasteiger partial charge on any atom is 0.136 e. The number of nitrogens with zero attached hydrogens (tertiary/aromatic N) is 1. The van der Waals surface area contributed by atoms with Gasteiger partial charge in [0.15, 0.2) is 0 Å². The highest BCUT2D eigenvalue weighted by Crippen LogP contribution is 2.21. The monoisotopic (exact) mass is 210 g/mol. The van der Waals surface area contributed by atoms with Gasteiger partial charge >= 0.3 is 0 Å². The van der Waals surface area contributed by atoms with Crippen molar-refractivity contribution in [1.29, 1.82) is 5.26 Å². The zero-order valence-electron chi connectivity index (χ0n) is 7.61. The third-order valence-corrected chi connectivity index (χ3v) is 2.77. The minimum absolute atomic E-state index is 0.219. The first-order valence-electron chi connectivity index (χ1n) is 4.26. The third kappa shape index (κ3) is 3.36. The highest BCUT2D eigenvalue weighted by molar-refractivity contribution is 7.99. The molecule has 1 rings (SSSR count). The molecule has 1 aromatic rings. The fourth-order valence-corrected chi connectivity index (χ4v) is 1.89. The van der Waals surface area contributed by atoms with Crippen LogP contribution in [0.1, 0.15) is 6.42 Å². The molecule has 0 aliphatic heterocycles. The summed E-state index contributed by atoms with van der Waals surface area (Å²) >= 11 is 1.38. The molecule has 2 nitrogen and oxygen atoms in total. The van der Waals surface area contributed by atoms with Crippen molar-refractivity contribution in [2.24, 2.45) is 5.73 Å². The number of thioether (sulfide) groups is 1. The molecule has 0 spiro atoms. The Morgan fingerprint density at radius 2 is 2.21 bits per heavy atom. The maximum atomic E-state index is 13.1. The van der Waals surface area contributed by atoms with Crippen LogP contribution in [0.4, 0.5) is 4.39 Å². The molecule has 0 saturated carbocycles. The maximum absolute atomic E-state index is 13.1. The van der Waals surface area contributed by atoms with Crippen molar-refractivity contribution in [3.05, 3.63) is 30.1 Å². The number of hydrogen-bond acceptors (Lipinski definition) is 3. The largest absolute Gasteiger partial charge is 0.316 e. The summed E-state index contributed by atoms with van der Waals surface area (Å²) in [5.74, 6) is 0.443. The molecular weight excluding hydrogens is 199 g/mol. The van der Waals surface area contributed by atoms with Crippen LogP contribution >= 0.6 is 11.8 Å². The predicted octanol–water partition coefficient (Wildman–Crippen LogP) is 2.16. The van der Waals surface area contributed by atoms with E-state index in [9.17, 15) is 4.39 Å². The Balaban J connectivity index is 2.40. The summed E-state index contributed by atoms with van der Waals surface area (Å²) in [6, 6.07) is 8.07. The molecule has 0 fully saturated rings. The molecule has 1 unspecified atom stereocenters. The van der Waals surface area contributed by atoms with Gasteiger partial charge in [0.2, 0.25) is 0 Å². The van der Waals surface area contributed by atoms with Gasteiger partial charge in [-0.15, -0.1) is 11.8 Å². The highest BCUT2D eigenvalue weighted by atomic mass is 32.2. The van der Waals surface area contributed by atoms with Gasteiger partial charge in [-0.3, -0.25) is 0 Å². The van der Waals surface area contributed by atoms with Crippen LogP contribution in [0.25, 0.3) is 0 Å². The van der Waals surface area contributed by atoms with Crippen molar-refractivity contribution in [1.82, 2.24) is 0 Å². The van der Waals surface area contributed by atoms with Crippen LogP contribution < -0.4 is 5.73 Å². The van der Waals surface area contributed by atoms with Crippen molar-refractivity contribution in [3.63, 3.8) is 0 Å².